The summed E-state index contributed by atoms with van der Waals surface area (Å²) < 4.78 is 1.70. The third-order valence-corrected chi connectivity index (χ3v) is 5.95. The van der Waals surface area contributed by atoms with Crippen LogP contribution in [0.4, 0.5) is 0 Å². The lowest BCUT2D eigenvalue weighted by molar-refractivity contribution is 0.214. The van der Waals surface area contributed by atoms with Crippen LogP contribution < -0.4 is 5.56 Å². The van der Waals surface area contributed by atoms with Crippen LogP contribution in [0.25, 0.3) is 0 Å². The van der Waals surface area contributed by atoms with E-state index in [0.29, 0.717) is 18.5 Å². The van der Waals surface area contributed by atoms with E-state index in [1.165, 1.54) is 19.3 Å². The van der Waals surface area contributed by atoms with Gasteiger partial charge in [0.05, 0.1) is 17.9 Å². The summed E-state index contributed by atoms with van der Waals surface area (Å²) in [5.41, 5.74) is 3.43. The van der Waals surface area contributed by atoms with E-state index in [0.717, 1.165) is 61.5 Å². The molecule has 2 aliphatic carbocycles. The van der Waals surface area contributed by atoms with Crippen LogP contribution in [0.15, 0.2) is 23.1 Å². The first-order chi connectivity index (χ1) is 12.8. The molecule has 2 aromatic rings. The van der Waals surface area contributed by atoms with Gasteiger partial charge in [-0.25, -0.2) is 14.6 Å². The van der Waals surface area contributed by atoms with Crippen molar-refractivity contribution in [3.8, 4) is 0 Å². The van der Waals surface area contributed by atoms with Gasteiger partial charge >= 0.3 is 0 Å². The van der Waals surface area contributed by atoms with Gasteiger partial charge in [0.25, 0.3) is 5.56 Å². The molecule has 0 N–H and O–H groups in total. The second-order valence-electron chi connectivity index (χ2n) is 7.94. The molecule has 136 valence electrons. The Labute approximate surface area is 153 Å². The molecule has 0 aromatic carbocycles. The highest BCUT2D eigenvalue weighted by Gasteiger charge is 2.29. The van der Waals surface area contributed by atoms with Crippen LogP contribution in [0.1, 0.15) is 60.8 Å². The highest BCUT2D eigenvalue weighted by Crippen LogP contribution is 2.37. The molecule has 2 fully saturated rings. The first-order valence-electron chi connectivity index (χ1n) is 9.92. The topological polar surface area (TPSA) is 63.9 Å². The molecule has 2 aromatic heterocycles. The highest BCUT2D eigenvalue weighted by molar-refractivity contribution is 5.22. The van der Waals surface area contributed by atoms with Gasteiger partial charge in [0.15, 0.2) is 0 Å². The molecular formula is C20H25N5O. The molecule has 6 heteroatoms. The van der Waals surface area contributed by atoms with E-state index in [2.05, 4.69) is 15.0 Å². The number of aromatic nitrogens is 4. The maximum atomic E-state index is 12.4. The van der Waals surface area contributed by atoms with E-state index in [-0.39, 0.29) is 5.56 Å². The minimum absolute atomic E-state index is 0.0514. The van der Waals surface area contributed by atoms with Crippen LogP contribution in [0.2, 0.25) is 0 Å². The Kier molecular flexibility index (Phi) is 4.08. The Bertz CT molecular complexity index is 873. The predicted molar refractivity (Wildman–Crippen MR) is 98.0 cm³/mol. The Morgan fingerprint density at radius 1 is 1.15 bits per heavy atom. The van der Waals surface area contributed by atoms with Crippen LogP contribution in [-0.4, -0.2) is 37.2 Å². The third-order valence-electron chi connectivity index (χ3n) is 5.95. The zero-order valence-corrected chi connectivity index (χ0v) is 15.1. The average molecular weight is 351 g/mol. The number of hydrogen-bond acceptors (Lipinski definition) is 5. The SMILES string of the molecule is O=c1cc2c(nn1CC1CCCN1Cc1ccnc(C3CC3)n1)CCC2. The fourth-order valence-corrected chi connectivity index (χ4v) is 4.33. The van der Waals surface area contributed by atoms with Crippen molar-refractivity contribution in [1.29, 1.82) is 0 Å². The van der Waals surface area contributed by atoms with Crippen molar-refractivity contribution in [3.05, 3.63) is 51.5 Å². The second-order valence-corrected chi connectivity index (χ2v) is 7.94. The minimum atomic E-state index is 0.0514. The summed E-state index contributed by atoms with van der Waals surface area (Å²) in [4.78, 5) is 24.1. The number of likely N-dealkylation sites (tertiary alicyclic amines) is 1. The number of hydrogen-bond donors (Lipinski definition) is 0. The minimum Gasteiger partial charge on any atom is -0.293 e. The lowest BCUT2D eigenvalue weighted by atomic mass is 10.2. The van der Waals surface area contributed by atoms with Crippen LogP contribution in [0.5, 0.6) is 0 Å². The van der Waals surface area contributed by atoms with Gasteiger partial charge in [-0.05, 0) is 63.1 Å². The van der Waals surface area contributed by atoms with Crippen molar-refractivity contribution < 1.29 is 0 Å². The van der Waals surface area contributed by atoms with Crippen molar-refractivity contribution >= 4 is 0 Å². The molecule has 3 aliphatic rings. The molecular weight excluding hydrogens is 326 g/mol. The Hall–Kier alpha value is -2.08. The molecule has 26 heavy (non-hydrogen) atoms. The van der Waals surface area contributed by atoms with Gasteiger partial charge in [-0.2, -0.15) is 5.10 Å². The van der Waals surface area contributed by atoms with Crippen molar-refractivity contribution in [3.63, 3.8) is 0 Å². The summed E-state index contributed by atoms with van der Waals surface area (Å²) in [6.07, 6.45) is 9.77. The molecule has 1 atom stereocenters. The van der Waals surface area contributed by atoms with E-state index >= 15 is 0 Å². The predicted octanol–water partition coefficient (Wildman–Crippen LogP) is 2.06. The van der Waals surface area contributed by atoms with Gasteiger partial charge in [-0.15, -0.1) is 0 Å². The Balaban J connectivity index is 1.31. The van der Waals surface area contributed by atoms with Gasteiger partial charge in [-0.1, -0.05) is 0 Å². The summed E-state index contributed by atoms with van der Waals surface area (Å²) in [5, 5.41) is 4.66. The standard InChI is InChI=1S/C20H25N5O/c26-19-11-15-3-1-5-18(15)23-25(19)13-17-4-2-10-24(17)12-16-8-9-21-20(22-16)14-6-7-14/h8-9,11,14,17H,1-7,10,12-13H2. The molecule has 6 nitrogen and oxygen atoms in total. The van der Waals surface area contributed by atoms with Crippen molar-refractivity contribution in [1.82, 2.24) is 24.6 Å². The Morgan fingerprint density at radius 3 is 2.96 bits per heavy atom. The van der Waals surface area contributed by atoms with Gasteiger partial charge in [0, 0.05) is 30.8 Å². The fraction of sp³-hybridized carbons (Fsp3) is 0.600. The molecule has 5 rings (SSSR count). The van der Waals surface area contributed by atoms with Gasteiger partial charge in [0.1, 0.15) is 5.82 Å². The first-order valence-corrected chi connectivity index (χ1v) is 9.92. The molecule has 1 saturated heterocycles. The molecule has 3 heterocycles. The molecule has 0 radical (unpaired) electrons. The molecule has 0 amide bonds. The largest absolute Gasteiger partial charge is 0.293 e. The van der Waals surface area contributed by atoms with Crippen molar-refractivity contribution in [2.24, 2.45) is 0 Å². The number of rotatable bonds is 5. The second kappa shape index (κ2) is 6.58. The monoisotopic (exact) mass is 351 g/mol. The van der Waals surface area contributed by atoms with Crippen molar-refractivity contribution in [2.45, 2.75) is 70.0 Å². The molecule has 0 spiro atoms. The third kappa shape index (κ3) is 3.18. The van der Waals surface area contributed by atoms with Crippen LogP contribution in [0.3, 0.4) is 0 Å². The average Bonchev–Trinajstić information content (AvgIpc) is 3.27. The number of fused-ring (bicyclic) bond motifs is 1. The zero-order chi connectivity index (χ0) is 17.5. The molecule has 1 aliphatic heterocycles. The van der Waals surface area contributed by atoms with E-state index in [4.69, 9.17) is 4.98 Å². The van der Waals surface area contributed by atoms with Crippen LogP contribution >= 0.6 is 0 Å². The summed E-state index contributed by atoms with van der Waals surface area (Å²) >= 11 is 0. The maximum Gasteiger partial charge on any atom is 0.267 e. The zero-order valence-electron chi connectivity index (χ0n) is 15.1. The Morgan fingerprint density at radius 2 is 2.08 bits per heavy atom. The van der Waals surface area contributed by atoms with Crippen LogP contribution in [0, 0.1) is 0 Å². The number of nitrogens with zero attached hydrogens (tertiary/aromatic N) is 5. The summed E-state index contributed by atoms with van der Waals surface area (Å²) in [7, 11) is 0. The van der Waals surface area contributed by atoms with E-state index in [9.17, 15) is 4.79 Å². The summed E-state index contributed by atoms with van der Waals surface area (Å²) in [6, 6.07) is 4.20. The maximum absolute atomic E-state index is 12.4. The van der Waals surface area contributed by atoms with Gasteiger partial charge < -0.3 is 0 Å². The first kappa shape index (κ1) is 16.1. The number of aryl methyl sites for hydroxylation is 2. The fourth-order valence-electron chi connectivity index (χ4n) is 4.33. The molecule has 0 bridgehead atoms. The summed E-state index contributed by atoms with van der Waals surface area (Å²) in [5.74, 6) is 1.59. The highest BCUT2D eigenvalue weighted by atomic mass is 16.1. The van der Waals surface area contributed by atoms with E-state index in [1.54, 1.807) is 10.7 Å². The molecule has 1 saturated carbocycles. The summed E-state index contributed by atoms with van der Waals surface area (Å²) in [6.45, 7) is 2.59. The van der Waals surface area contributed by atoms with E-state index in [1.807, 2.05) is 12.3 Å². The molecule has 1 unspecified atom stereocenters. The van der Waals surface area contributed by atoms with Gasteiger partial charge in [-0.3, -0.25) is 9.69 Å². The van der Waals surface area contributed by atoms with Crippen molar-refractivity contribution in [2.75, 3.05) is 6.54 Å². The van der Waals surface area contributed by atoms with Gasteiger partial charge in [0.2, 0.25) is 0 Å². The lowest BCUT2D eigenvalue weighted by Crippen LogP contribution is -2.37. The normalized spacial score (nSPS) is 22.7. The lowest BCUT2D eigenvalue weighted by Gasteiger charge is -2.24. The smallest absolute Gasteiger partial charge is 0.267 e. The van der Waals surface area contributed by atoms with E-state index < -0.39 is 0 Å². The van der Waals surface area contributed by atoms with Crippen LogP contribution in [-0.2, 0) is 25.9 Å². The quantitative estimate of drug-likeness (QED) is 0.825.